The molecule has 1 aromatic rings. The first kappa shape index (κ1) is 14.7. The Labute approximate surface area is 110 Å². The van der Waals surface area contributed by atoms with Gasteiger partial charge in [-0.1, -0.05) is 38.1 Å². The van der Waals surface area contributed by atoms with Crippen LogP contribution >= 0.6 is 0 Å². The highest BCUT2D eigenvalue weighted by Gasteiger charge is 2.09. The van der Waals surface area contributed by atoms with Crippen LogP contribution in [0.1, 0.15) is 31.9 Å². The summed E-state index contributed by atoms with van der Waals surface area (Å²) in [6.45, 7) is 7.03. The van der Waals surface area contributed by atoms with E-state index in [2.05, 4.69) is 48.7 Å². The van der Waals surface area contributed by atoms with Crippen LogP contribution in [0.3, 0.4) is 0 Å². The maximum atomic E-state index is 11.3. The van der Waals surface area contributed by atoms with Gasteiger partial charge in [0.15, 0.2) is 0 Å². The molecule has 2 N–H and O–H groups in total. The van der Waals surface area contributed by atoms with Crippen molar-refractivity contribution in [2.24, 2.45) is 5.92 Å². The molecule has 0 aliphatic rings. The lowest BCUT2D eigenvalue weighted by molar-refractivity contribution is -0.122. The van der Waals surface area contributed by atoms with E-state index in [1.165, 1.54) is 11.1 Å². The van der Waals surface area contributed by atoms with Gasteiger partial charge in [0, 0.05) is 13.6 Å². The zero-order valence-electron chi connectivity index (χ0n) is 11.8. The van der Waals surface area contributed by atoms with Crippen molar-refractivity contribution in [2.45, 2.75) is 39.8 Å². The fraction of sp³-hybridized carbons (Fsp3) is 0.533. The second-order valence-electron chi connectivity index (χ2n) is 5.13. The number of carbonyl (C=O) groups is 1. The lowest BCUT2D eigenvalue weighted by Gasteiger charge is -2.12. The maximum absolute atomic E-state index is 11.3. The summed E-state index contributed by atoms with van der Waals surface area (Å²) in [7, 11) is 1.65. The molecule has 1 amide bonds. The van der Waals surface area contributed by atoms with Gasteiger partial charge in [-0.15, -0.1) is 0 Å². The summed E-state index contributed by atoms with van der Waals surface area (Å²) in [4.78, 5) is 11.3. The minimum atomic E-state index is -0.162. The molecule has 0 spiro atoms. The van der Waals surface area contributed by atoms with Crippen LogP contribution in [-0.2, 0) is 17.8 Å². The smallest absolute Gasteiger partial charge is 0.236 e. The summed E-state index contributed by atoms with van der Waals surface area (Å²) in [5, 5.41) is 5.83. The van der Waals surface area contributed by atoms with E-state index < -0.39 is 0 Å². The van der Waals surface area contributed by atoms with Gasteiger partial charge >= 0.3 is 0 Å². The average molecular weight is 248 g/mol. The van der Waals surface area contributed by atoms with Gasteiger partial charge in [-0.3, -0.25) is 4.79 Å². The van der Waals surface area contributed by atoms with E-state index >= 15 is 0 Å². The first-order valence-corrected chi connectivity index (χ1v) is 6.55. The van der Waals surface area contributed by atoms with Crippen LogP contribution in [0.15, 0.2) is 24.3 Å². The van der Waals surface area contributed by atoms with Crippen molar-refractivity contribution in [1.82, 2.24) is 10.6 Å². The van der Waals surface area contributed by atoms with Crippen molar-refractivity contribution in [3.05, 3.63) is 35.4 Å². The van der Waals surface area contributed by atoms with Crippen LogP contribution in [0.25, 0.3) is 0 Å². The van der Waals surface area contributed by atoms with Gasteiger partial charge in [-0.05, 0) is 30.4 Å². The minimum Gasteiger partial charge on any atom is -0.358 e. The molecule has 0 heterocycles. The Balaban J connectivity index is 2.46. The number of rotatable bonds is 6. The predicted molar refractivity (Wildman–Crippen MR) is 75.4 cm³/mol. The quantitative estimate of drug-likeness (QED) is 0.809. The molecule has 0 saturated carbocycles. The lowest BCUT2D eigenvalue weighted by Crippen LogP contribution is -2.40. The summed E-state index contributed by atoms with van der Waals surface area (Å²) in [6.07, 6.45) is 1.11. The number of amides is 1. The van der Waals surface area contributed by atoms with E-state index in [-0.39, 0.29) is 11.9 Å². The van der Waals surface area contributed by atoms with Gasteiger partial charge in [0.1, 0.15) is 0 Å². The molecule has 1 unspecified atom stereocenters. The van der Waals surface area contributed by atoms with Gasteiger partial charge < -0.3 is 10.6 Å². The third-order valence-corrected chi connectivity index (χ3v) is 2.92. The molecule has 0 aromatic heterocycles. The second-order valence-corrected chi connectivity index (χ2v) is 5.13. The van der Waals surface area contributed by atoms with Crippen LogP contribution in [-0.4, -0.2) is 19.0 Å². The molecule has 0 aliphatic carbocycles. The molecule has 1 aromatic carbocycles. The summed E-state index contributed by atoms with van der Waals surface area (Å²) in [6, 6.07) is 8.43. The van der Waals surface area contributed by atoms with Gasteiger partial charge in [0.25, 0.3) is 0 Å². The summed E-state index contributed by atoms with van der Waals surface area (Å²) in [5.74, 6) is 0.702. The van der Waals surface area contributed by atoms with Crippen molar-refractivity contribution in [2.75, 3.05) is 7.05 Å². The molecule has 1 rings (SSSR count). The molecule has 3 nitrogen and oxygen atoms in total. The van der Waals surface area contributed by atoms with Crippen molar-refractivity contribution >= 4 is 5.91 Å². The molecule has 18 heavy (non-hydrogen) atoms. The summed E-state index contributed by atoms with van der Waals surface area (Å²) < 4.78 is 0. The highest BCUT2D eigenvalue weighted by Crippen LogP contribution is 2.09. The van der Waals surface area contributed by atoms with Crippen LogP contribution in [0.5, 0.6) is 0 Å². The van der Waals surface area contributed by atoms with Crippen LogP contribution in [0.4, 0.5) is 0 Å². The Morgan fingerprint density at radius 2 is 1.67 bits per heavy atom. The van der Waals surface area contributed by atoms with E-state index in [4.69, 9.17) is 0 Å². The Kier molecular flexibility index (Phi) is 5.86. The fourth-order valence-corrected chi connectivity index (χ4v) is 1.84. The number of nitrogens with one attached hydrogen (secondary N) is 2. The van der Waals surface area contributed by atoms with Crippen molar-refractivity contribution < 1.29 is 4.79 Å². The van der Waals surface area contributed by atoms with Crippen molar-refractivity contribution in [3.8, 4) is 0 Å². The normalized spacial score (nSPS) is 12.5. The van der Waals surface area contributed by atoms with E-state index in [1.54, 1.807) is 7.05 Å². The molecular weight excluding hydrogens is 224 g/mol. The molecule has 1 atom stereocenters. The Morgan fingerprint density at radius 3 is 2.17 bits per heavy atom. The van der Waals surface area contributed by atoms with Gasteiger partial charge in [-0.25, -0.2) is 0 Å². The first-order valence-electron chi connectivity index (χ1n) is 6.55. The molecular formula is C15H24N2O. The number of hydrogen-bond donors (Lipinski definition) is 2. The topological polar surface area (TPSA) is 41.1 Å². The Hall–Kier alpha value is -1.35. The van der Waals surface area contributed by atoms with Crippen LogP contribution in [0, 0.1) is 5.92 Å². The van der Waals surface area contributed by atoms with E-state index in [9.17, 15) is 4.79 Å². The van der Waals surface area contributed by atoms with E-state index in [0.717, 1.165) is 13.0 Å². The third-order valence-electron chi connectivity index (χ3n) is 2.92. The van der Waals surface area contributed by atoms with Gasteiger partial charge in [0.2, 0.25) is 5.91 Å². The van der Waals surface area contributed by atoms with E-state index in [0.29, 0.717) is 5.92 Å². The molecule has 3 heteroatoms. The summed E-state index contributed by atoms with van der Waals surface area (Å²) in [5.41, 5.74) is 2.58. The van der Waals surface area contributed by atoms with Crippen LogP contribution in [0.2, 0.25) is 0 Å². The predicted octanol–water partition coefficient (Wildman–Crippen LogP) is 2.11. The van der Waals surface area contributed by atoms with Gasteiger partial charge in [-0.2, -0.15) is 0 Å². The minimum absolute atomic E-state index is 0.0198. The highest BCUT2D eigenvalue weighted by molar-refractivity contribution is 5.80. The molecule has 100 valence electrons. The van der Waals surface area contributed by atoms with Gasteiger partial charge in [0.05, 0.1) is 6.04 Å². The molecule has 0 aliphatic heterocycles. The number of carbonyl (C=O) groups excluding carboxylic acids is 1. The highest BCUT2D eigenvalue weighted by atomic mass is 16.2. The third kappa shape index (κ3) is 4.88. The number of benzene rings is 1. The standard InChI is InChI=1S/C15H24N2O/c1-11(2)9-13-5-7-14(8-6-13)10-17-12(3)15(18)16-4/h5-8,11-12,17H,9-10H2,1-4H3,(H,16,18). The largest absolute Gasteiger partial charge is 0.358 e. The van der Waals surface area contributed by atoms with Crippen molar-refractivity contribution in [1.29, 1.82) is 0 Å². The first-order chi connectivity index (χ1) is 8.52. The molecule has 0 saturated heterocycles. The molecule has 0 bridgehead atoms. The zero-order valence-corrected chi connectivity index (χ0v) is 11.8. The summed E-state index contributed by atoms with van der Waals surface area (Å²) >= 11 is 0. The Morgan fingerprint density at radius 1 is 1.11 bits per heavy atom. The second kappa shape index (κ2) is 7.17. The lowest BCUT2D eigenvalue weighted by atomic mass is 10.0. The number of likely N-dealkylation sites (N-methyl/N-ethyl adjacent to an activating group) is 1. The molecule has 0 fully saturated rings. The van der Waals surface area contributed by atoms with Crippen LogP contribution < -0.4 is 10.6 Å². The fourth-order valence-electron chi connectivity index (χ4n) is 1.84. The average Bonchev–Trinajstić information content (AvgIpc) is 2.36. The zero-order chi connectivity index (χ0) is 13.5. The van der Waals surface area contributed by atoms with E-state index in [1.807, 2.05) is 6.92 Å². The molecule has 0 radical (unpaired) electrons. The SMILES string of the molecule is CNC(=O)C(C)NCc1ccc(CC(C)C)cc1. The number of hydrogen-bond acceptors (Lipinski definition) is 2. The Bertz CT molecular complexity index is 371. The maximum Gasteiger partial charge on any atom is 0.236 e. The monoisotopic (exact) mass is 248 g/mol. The van der Waals surface area contributed by atoms with Crippen molar-refractivity contribution in [3.63, 3.8) is 0 Å².